The first-order chi connectivity index (χ1) is 16.3. The van der Waals surface area contributed by atoms with Gasteiger partial charge in [0.2, 0.25) is 0 Å². The fraction of sp³-hybridized carbons (Fsp3) is 0.179. The largest absolute Gasteiger partial charge is 0.416 e. The molecule has 0 radical (unpaired) electrons. The first-order valence-corrected chi connectivity index (χ1v) is 11.9. The topological polar surface area (TPSA) is 20.3 Å². The highest BCUT2D eigenvalue weighted by atomic mass is 32.1. The molecule has 6 heteroatoms. The maximum atomic E-state index is 13.7. The molecule has 1 atom stereocenters. The number of alkyl halides is 3. The van der Waals surface area contributed by atoms with Gasteiger partial charge in [0.05, 0.1) is 16.5 Å². The lowest BCUT2D eigenvalue weighted by atomic mass is 9.88. The zero-order valence-corrected chi connectivity index (χ0v) is 19.3. The lowest BCUT2D eigenvalue weighted by molar-refractivity contribution is -0.137. The quantitative estimate of drug-likeness (QED) is 0.299. The van der Waals surface area contributed by atoms with E-state index in [0.29, 0.717) is 21.9 Å². The summed E-state index contributed by atoms with van der Waals surface area (Å²) in [5.41, 5.74) is 4.29. The maximum Gasteiger partial charge on any atom is 0.416 e. The highest BCUT2D eigenvalue weighted by molar-refractivity contribution is 7.17. The molecule has 0 fully saturated rings. The van der Waals surface area contributed by atoms with E-state index < -0.39 is 11.7 Å². The number of carbonyl (C=O) groups is 1. The summed E-state index contributed by atoms with van der Waals surface area (Å²) in [4.78, 5) is 16.7. The van der Waals surface area contributed by atoms with Crippen LogP contribution < -0.4 is 0 Å². The molecule has 0 saturated heterocycles. The summed E-state index contributed by atoms with van der Waals surface area (Å²) in [5.74, 6) is -0.108. The highest BCUT2D eigenvalue weighted by Gasteiger charge is 2.33. The van der Waals surface area contributed by atoms with Crippen LogP contribution in [0.1, 0.15) is 43.5 Å². The molecule has 1 aliphatic heterocycles. The molecule has 172 valence electrons. The van der Waals surface area contributed by atoms with Gasteiger partial charge in [0.1, 0.15) is 0 Å². The van der Waals surface area contributed by atoms with E-state index >= 15 is 0 Å². The van der Waals surface area contributed by atoms with Gasteiger partial charge in [-0.3, -0.25) is 4.79 Å². The summed E-state index contributed by atoms with van der Waals surface area (Å²) in [6, 6.07) is 24.9. The molecular formula is C28H22F3NOS. The number of rotatable bonds is 3. The number of hydrogen-bond donors (Lipinski definition) is 0. The third-order valence-electron chi connectivity index (χ3n) is 6.23. The third kappa shape index (κ3) is 4.26. The Bertz CT molecular complexity index is 1340. The Kier molecular flexibility index (Phi) is 5.78. The van der Waals surface area contributed by atoms with Crippen molar-refractivity contribution in [3.8, 4) is 10.4 Å². The van der Waals surface area contributed by atoms with Crippen LogP contribution in [0.3, 0.4) is 0 Å². The molecule has 4 aromatic rings. The normalized spacial score (nSPS) is 15.8. The molecule has 0 spiro atoms. The summed E-state index contributed by atoms with van der Waals surface area (Å²) in [6.45, 7) is 2.60. The van der Waals surface area contributed by atoms with Crippen LogP contribution in [-0.2, 0) is 12.6 Å². The second kappa shape index (κ2) is 8.76. The van der Waals surface area contributed by atoms with Crippen molar-refractivity contribution >= 4 is 17.2 Å². The second-order valence-electron chi connectivity index (χ2n) is 8.50. The molecule has 1 unspecified atom stereocenters. The summed E-state index contributed by atoms with van der Waals surface area (Å²) in [5, 5.41) is 0. The van der Waals surface area contributed by atoms with E-state index in [1.807, 2.05) is 36.1 Å². The Hall–Kier alpha value is -3.38. The lowest BCUT2D eigenvalue weighted by Crippen LogP contribution is -2.40. The van der Waals surface area contributed by atoms with E-state index in [2.05, 4.69) is 24.3 Å². The molecule has 0 N–H and O–H groups in total. The molecule has 0 bridgehead atoms. The molecule has 5 rings (SSSR count). The van der Waals surface area contributed by atoms with Gasteiger partial charge in [-0.2, -0.15) is 13.2 Å². The van der Waals surface area contributed by atoms with Crippen LogP contribution in [0, 0.1) is 6.92 Å². The van der Waals surface area contributed by atoms with Crippen molar-refractivity contribution in [3.05, 3.63) is 118 Å². The number of thiophene rings is 1. The summed E-state index contributed by atoms with van der Waals surface area (Å²) < 4.78 is 39.5. The SMILES string of the molecule is Cc1ccc(C2c3ccccc3CCN2C(=O)c2ccc(-c3cccc(C(F)(F)F)c3)s2)cc1. The van der Waals surface area contributed by atoms with Crippen molar-refractivity contribution in [1.82, 2.24) is 4.90 Å². The molecule has 2 nitrogen and oxygen atoms in total. The Morgan fingerprint density at radius 3 is 2.47 bits per heavy atom. The highest BCUT2D eigenvalue weighted by Crippen LogP contribution is 2.39. The Labute approximate surface area is 200 Å². The first kappa shape index (κ1) is 22.4. The number of benzene rings is 3. The third-order valence-corrected chi connectivity index (χ3v) is 7.35. The van der Waals surface area contributed by atoms with Gasteiger partial charge in [0, 0.05) is 11.4 Å². The predicted octanol–water partition coefficient (Wildman–Crippen LogP) is 7.53. The van der Waals surface area contributed by atoms with Crippen molar-refractivity contribution in [1.29, 1.82) is 0 Å². The minimum absolute atomic E-state index is 0.108. The van der Waals surface area contributed by atoms with Crippen LogP contribution in [0.15, 0.2) is 84.9 Å². The van der Waals surface area contributed by atoms with Gasteiger partial charge in [-0.05, 0) is 59.9 Å². The van der Waals surface area contributed by atoms with Gasteiger partial charge < -0.3 is 4.90 Å². The van der Waals surface area contributed by atoms with Crippen molar-refractivity contribution in [3.63, 3.8) is 0 Å². The molecule has 1 amide bonds. The van der Waals surface area contributed by atoms with Gasteiger partial charge in [0.25, 0.3) is 5.91 Å². The standard InChI is InChI=1S/C28H22F3NOS/c1-18-9-11-20(12-10-18)26-23-8-3-2-5-19(23)15-16-32(26)27(33)25-14-13-24(34-25)21-6-4-7-22(17-21)28(29,30)31/h2-14,17,26H,15-16H2,1H3. The number of halogens is 3. The van der Waals surface area contributed by atoms with Crippen molar-refractivity contribution in [2.24, 2.45) is 0 Å². The minimum Gasteiger partial charge on any atom is -0.326 e. The van der Waals surface area contributed by atoms with E-state index in [0.717, 1.165) is 35.2 Å². The van der Waals surface area contributed by atoms with Crippen molar-refractivity contribution < 1.29 is 18.0 Å². The Balaban J connectivity index is 1.50. The van der Waals surface area contributed by atoms with Gasteiger partial charge in [0.15, 0.2) is 0 Å². The number of hydrogen-bond acceptors (Lipinski definition) is 2. The number of fused-ring (bicyclic) bond motifs is 1. The van der Waals surface area contributed by atoms with Crippen LogP contribution >= 0.6 is 11.3 Å². The summed E-state index contributed by atoms with van der Waals surface area (Å²) >= 11 is 1.23. The predicted molar refractivity (Wildman–Crippen MR) is 129 cm³/mol. The molecule has 2 heterocycles. The fourth-order valence-corrected chi connectivity index (χ4v) is 5.45. The average molecular weight is 478 g/mol. The van der Waals surface area contributed by atoms with E-state index in [4.69, 9.17) is 0 Å². The number of nitrogens with zero attached hydrogens (tertiary/aromatic N) is 1. The van der Waals surface area contributed by atoms with E-state index in [-0.39, 0.29) is 11.9 Å². The Morgan fingerprint density at radius 2 is 1.71 bits per heavy atom. The Morgan fingerprint density at radius 1 is 0.941 bits per heavy atom. The van der Waals surface area contributed by atoms with E-state index in [1.165, 1.54) is 23.0 Å². The molecule has 1 aliphatic rings. The van der Waals surface area contributed by atoms with Crippen molar-refractivity contribution in [2.75, 3.05) is 6.54 Å². The van der Waals surface area contributed by atoms with Gasteiger partial charge >= 0.3 is 6.18 Å². The summed E-state index contributed by atoms with van der Waals surface area (Å²) in [7, 11) is 0. The second-order valence-corrected chi connectivity index (χ2v) is 9.59. The van der Waals surface area contributed by atoms with Crippen LogP contribution in [0.5, 0.6) is 0 Å². The van der Waals surface area contributed by atoms with Crippen LogP contribution in [0.2, 0.25) is 0 Å². The molecule has 1 aromatic heterocycles. The van der Waals surface area contributed by atoms with Crippen LogP contribution in [0.25, 0.3) is 10.4 Å². The van der Waals surface area contributed by atoms with E-state index in [9.17, 15) is 18.0 Å². The summed E-state index contributed by atoms with van der Waals surface area (Å²) in [6.07, 6.45) is -3.65. The lowest BCUT2D eigenvalue weighted by Gasteiger charge is -2.37. The zero-order valence-electron chi connectivity index (χ0n) is 18.5. The maximum absolute atomic E-state index is 13.7. The molecule has 3 aromatic carbocycles. The van der Waals surface area contributed by atoms with Crippen LogP contribution in [-0.4, -0.2) is 17.4 Å². The van der Waals surface area contributed by atoms with E-state index in [1.54, 1.807) is 18.2 Å². The number of aryl methyl sites for hydroxylation is 1. The van der Waals surface area contributed by atoms with Gasteiger partial charge in [-0.25, -0.2) is 0 Å². The monoisotopic (exact) mass is 477 g/mol. The van der Waals surface area contributed by atoms with Crippen molar-refractivity contribution in [2.45, 2.75) is 25.6 Å². The van der Waals surface area contributed by atoms with Crippen LogP contribution in [0.4, 0.5) is 13.2 Å². The fourth-order valence-electron chi connectivity index (χ4n) is 4.49. The minimum atomic E-state index is -4.41. The smallest absolute Gasteiger partial charge is 0.326 e. The molecule has 34 heavy (non-hydrogen) atoms. The number of amides is 1. The average Bonchev–Trinajstić information content (AvgIpc) is 3.33. The van der Waals surface area contributed by atoms with Gasteiger partial charge in [-0.1, -0.05) is 66.2 Å². The first-order valence-electron chi connectivity index (χ1n) is 11.0. The number of carbonyl (C=O) groups excluding carboxylic acids is 1. The van der Waals surface area contributed by atoms with Gasteiger partial charge in [-0.15, -0.1) is 11.3 Å². The molecule has 0 saturated carbocycles. The zero-order chi connectivity index (χ0) is 23.9. The molecular weight excluding hydrogens is 455 g/mol. The molecule has 0 aliphatic carbocycles.